The second kappa shape index (κ2) is 5.18. The van der Waals surface area contributed by atoms with Crippen molar-refractivity contribution in [2.24, 2.45) is 0 Å². The largest absolute Gasteiger partial charge is 0.394 e. The third kappa shape index (κ3) is 2.84. The zero-order chi connectivity index (χ0) is 10.6. The number of carbonyl (C=O) groups excluding carboxylic acids is 1. The van der Waals surface area contributed by atoms with Crippen molar-refractivity contribution < 1.29 is 31.7 Å². The molecule has 4 atom stereocenters. The molecule has 0 amide bonds. The Balaban J connectivity index is 4.51. The maximum atomic E-state index is 9.98. The van der Waals surface area contributed by atoms with Gasteiger partial charge in [0.05, 0.1) is 7.98 Å². The van der Waals surface area contributed by atoms with Gasteiger partial charge in [-0.1, -0.05) is 0 Å². The quantitative estimate of drug-likeness (QED) is 0.282. The standard InChI is InChI=1S/C6H12O6/c7-1-3(9)5(11)6(12)4(10)2-8/h1,3-6,8-12H,2H2/t3-,4+,5+,6+/m0/s1/i5D. The summed E-state index contributed by atoms with van der Waals surface area (Å²) in [6.45, 7) is -0.895. The topological polar surface area (TPSA) is 118 Å². The average Bonchev–Trinajstić information content (AvgIpc) is 2.13. The van der Waals surface area contributed by atoms with Crippen LogP contribution in [0, 0.1) is 0 Å². The van der Waals surface area contributed by atoms with Gasteiger partial charge in [0, 0.05) is 0 Å². The van der Waals surface area contributed by atoms with Crippen LogP contribution in [0.1, 0.15) is 1.37 Å². The maximum absolute atomic E-state index is 9.98. The first-order valence-corrected chi connectivity index (χ1v) is 3.20. The third-order valence-electron chi connectivity index (χ3n) is 1.29. The molecule has 0 unspecified atom stereocenters. The number of aliphatic hydroxyl groups excluding tert-OH is 4. The molecule has 0 aromatic heterocycles. The molecule has 0 aromatic rings. The van der Waals surface area contributed by atoms with Crippen LogP contribution in [0.4, 0.5) is 0 Å². The summed E-state index contributed by atoms with van der Waals surface area (Å²) in [6.07, 6.45) is -9.15. The molecule has 0 saturated heterocycles. The highest BCUT2D eigenvalue weighted by Crippen LogP contribution is 2.02. The maximum Gasteiger partial charge on any atom is 0.151 e. The highest BCUT2D eigenvalue weighted by Gasteiger charge is 2.29. The molecule has 0 aliphatic heterocycles. The summed E-state index contributed by atoms with van der Waals surface area (Å²) in [5.41, 5.74) is 0. The zero-order valence-electron chi connectivity index (χ0n) is 7.16. The van der Waals surface area contributed by atoms with Crippen LogP contribution in [0.3, 0.4) is 0 Å². The highest BCUT2D eigenvalue weighted by atomic mass is 16.4. The van der Waals surface area contributed by atoms with Gasteiger partial charge in [-0.05, 0) is 0 Å². The van der Waals surface area contributed by atoms with E-state index in [2.05, 4.69) is 0 Å². The van der Waals surface area contributed by atoms with E-state index in [1.54, 1.807) is 0 Å². The minimum atomic E-state index is -2.93. The molecule has 0 heterocycles. The summed E-state index contributed by atoms with van der Waals surface area (Å²) in [6, 6.07) is 0. The number of aldehydes is 1. The summed E-state index contributed by atoms with van der Waals surface area (Å²) in [4.78, 5) is 9.98. The van der Waals surface area contributed by atoms with Gasteiger partial charge in [-0.15, -0.1) is 0 Å². The first-order valence-electron chi connectivity index (χ1n) is 3.70. The number of hydrogen-bond donors (Lipinski definition) is 5. The van der Waals surface area contributed by atoms with E-state index in [1.807, 2.05) is 0 Å². The van der Waals surface area contributed by atoms with E-state index in [0.717, 1.165) is 0 Å². The number of rotatable bonds is 5. The lowest BCUT2D eigenvalue weighted by atomic mass is 10.0. The summed E-state index contributed by atoms with van der Waals surface area (Å²) >= 11 is 0. The van der Waals surface area contributed by atoms with Crippen molar-refractivity contribution in [2.75, 3.05) is 6.61 Å². The number of hydrogen-bond acceptors (Lipinski definition) is 6. The first-order chi connectivity index (χ1) is 5.87. The Kier molecular flexibility index (Phi) is 4.12. The molecule has 0 bridgehead atoms. The van der Waals surface area contributed by atoms with Crippen LogP contribution >= 0.6 is 0 Å². The van der Waals surface area contributed by atoms with Crippen LogP contribution < -0.4 is 0 Å². The Morgan fingerprint density at radius 1 is 1.33 bits per heavy atom. The molecule has 0 aliphatic carbocycles. The molecule has 0 aliphatic rings. The lowest BCUT2D eigenvalue weighted by Gasteiger charge is -2.22. The van der Waals surface area contributed by atoms with E-state index in [0.29, 0.717) is 0 Å². The normalized spacial score (nSPS) is 24.9. The Bertz CT molecular complexity index is 173. The van der Waals surface area contributed by atoms with Crippen molar-refractivity contribution in [1.29, 1.82) is 0 Å². The zero-order valence-corrected chi connectivity index (χ0v) is 6.16. The number of carbonyl (C=O) groups is 1. The van der Waals surface area contributed by atoms with E-state index in [9.17, 15) is 4.79 Å². The molecule has 5 N–H and O–H groups in total. The van der Waals surface area contributed by atoms with Crippen LogP contribution in [-0.2, 0) is 4.79 Å². The SMILES string of the molecule is [2H][C@](O)([C@H](O)[C@H](O)CO)[C@@H](O)C=O. The van der Waals surface area contributed by atoms with Gasteiger partial charge in [0.25, 0.3) is 0 Å². The van der Waals surface area contributed by atoms with Gasteiger partial charge in [0.1, 0.15) is 24.4 Å². The van der Waals surface area contributed by atoms with Crippen LogP contribution in [0.15, 0.2) is 0 Å². The molecule has 0 radical (unpaired) electrons. The molecule has 12 heavy (non-hydrogen) atoms. The van der Waals surface area contributed by atoms with Gasteiger partial charge in [-0.25, -0.2) is 0 Å². The monoisotopic (exact) mass is 181 g/mol. The van der Waals surface area contributed by atoms with E-state index < -0.39 is 31.0 Å². The molecule has 0 saturated carbocycles. The van der Waals surface area contributed by atoms with Gasteiger partial charge in [-0.2, -0.15) is 0 Å². The highest BCUT2D eigenvalue weighted by molar-refractivity contribution is 5.56. The summed E-state index contributed by atoms with van der Waals surface area (Å²) in [5, 5.41) is 43.9. The lowest BCUT2D eigenvalue weighted by Crippen LogP contribution is -2.46. The van der Waals surface area contributed by atoms with Crippen LogP contribution in [-0.4, -0.2) is 62.8 Å². The van der Waals surface area contributed by atoms with Crippen molar-refractivity contribution >= 4 is 6.29 Å². The minimum Gasteiger partial charge on any atom is -0.394 e. The van der Waals surface area contributed by atoms with E-state index in [1.165, 1.54) is 0 Å². The summed E-state index contributed by atoms with van der Waals surface area (Å²) in [7, 11) is 0. The molecular weight excluding hydrogens is 168 g/mol. The molecule has 0 fully saturated rings. The van der Waals surface area contributed by atoms with Gasteiger partial charge >= 0.3 is 0 Å². The second-order valence-electron chi connectivity index (χ2n) is 2.20. The van der Waals surface area contributed by atoms with E-state index in [4.69, 9.17) is 26.9 Å². The smallest absolute Gasteiger partial charge is 0.151 e. The van der Waals surface area contributed by atoms with Crippen LogP contribution in [0.5, 0.6) is 0 Å². The van der Waals surface area contributed by atoms with E-state index >= 15 is 0 Å². The summed E-state index contributed by atoms with van der Waals surface area (Å²) in [5.74, 6) is 0. The fraction of sp³-hybridized carbons (Fsp3) is 0.833. The summed E-state index contributed by atoms with van der Waals surface area (Å²) < 4.78 is 6.93. The van der Waals surface area contributed by atoms with Gasteiger partial charge in [-0.3, -0.25) is 0 Å². The van der Waals surface area contributed by atoms with Crippen LogP contribution in [0.2, 0.25) is 0 Å². The molecule has 0 rings (SSSR count). The Labute approximate surface area is 70.1 Å². The number of aliphatic hydroxyl groups is 5. The van der Waals surface area contributed by atoms with Gasteiger partial charge in [0.2, 0.25) is 0 Å². The minimum absolute atomic E-state index is 0.152. The fourth-order valence-corrected chi connectivity index (χ4v) is 0.542. The second-order valence-corrected chi connectivity index (χ2v) is 2.20. The fourth-order valence-electron chi connectivity index (χ4n) is 0.542. The van der Waals surface area contributed by atoms with Gasteiger partial charge < -0.3 is 30.3 Å². The molecule has 0 spiro atoms. The average molecular weight is 181 g/mol. The third-order valence-corrected chi connectivity index (χ3v) is 1.29. The Hall–Kier alpha value is -0.530. The predicted molar refractivity (Wildman–Crippen MR) is 37.2 cm³/mol. The van der Waals surface area contributed by atoms with E-state index in [-0.39, 0.29) is 6.29 Å². The van der Waals surface area contributed by atoms with Crippen LogP contribution in [0.25, 0.3) is 0 Å². The molecule has 6 heteroatoms. The predicted octanol–water partition coefficient (Wildman–Crippen LogP) is -3.38. The lowest BCUT2D eigenvalue weighted by molar-refractivity contribution is -0.136. The Morgan fingerprint density at radius 2 is 1.83 bits per heavy atom. The Morgan fingerprint density at radius 3 is 2.17 bits per heavy atom. The van der Waals surface area contributed by atoms with Crippen molar-refractivity contribution in [3.05, 3.63) is 0 Å². The van der Waals surface area contributed by atoms with Crippen molar-refractivity contribution in [3.63, 3.8) is 0 Å². The van der Waals surface area contributed by atoms with Crippen molar-refractivity contribution in [1.82, 2.24) is 0 Å². The first kappa shape index (κ1) is 9.56. The molecule has 72 valence electrons. The van der Waals surface area contributed by atoms with Crippen molar-refractivity contribution in [3.8, 4) is 0 Å². The van der Waals surface area contributed by atoms with Gasteiger partial charge in [0.15, 0.2) is 6.29 Å². The van der Waals surface area contributed by atoms with Crippen molar-refractivity contribution in [2.45, 2.75) is 24.4 Å². The molecular formula is C6H12O6. The molecule has 0 aromatic carbocycles. The molecule has 6 nitrogen and oxygen atoms in total.